The van der Waals surface area contributed by atoms with Crippen molar-refractivity contribution < 1.29 is 14.3 Å². The highest BCUT2D eigenvalue weighted by Crippen LogP contribution is 2.31. The third-order valence-electron chi connectivity index (χ3n) is 5.94. The standard InChI is InChI=1S/C26H30N4O3/c1-18-16-24(30-14-12-29(2)13-15-30)28-22-10-9-20(17-21(18)22)27-25(31)11-8-19-6-5-7-23(32-3)26(19)33-4/h5-11,16-17H,12-15H2,1-4H3,(H,27,31). The fourth-order valence-corrected chi connectivity index (χ4v) is 4.04. The minimum atomic E-state index is -0.223. The minimum Gasteiger partial charge on any atom is -0.493 e. The lowest BCUT2D eigenvalue weighted by molar-refractivity contribution is -0.111. The number of nitrogens with zero attached hydrogens (tertiary/aromatic N) is 3. The molecule has 2 aromatic carbocycles. The number of carbonyl (C=O) groups excluding carboxylic acids is 1. The van der Waals surface area contributed by atoms with E-state index in [0.29, 0.717) is 11.5 Å². The molecule has 3 aromatic rings. The summed E-state index contributed by atoms with van der Waals surface area (Å²) in [5, 5.41) is 3.97. The molecule has 7 nitrogen and oxygen atoms in total. The van der Waals surface area contributed by atoms with Crippen molar-refractivity contribution >= 4 is 34.4 Å². The predicted molar refractivity (Wildman–Crippen MR) is 133 cm³/mol. The van der Waals surface area contributed by atoms with E-state index in [9.17, 15) is 4.79 Å². The molecular weight excluding hydrogens is 416 g/mol. The van der Waals surface area contributed by atoms with E-state index >= 15 is 0 Å². The zero-order valence-electron chi connectivity index (χ0n) is 19.6. The maximum Gasteiger partial charge on any atom is 0.248 e. The highest BCUT2D eigenvalue weighted by atomic mass is 16.5. The van der Waals surface area contributed by atoms with Crippen LogP contribution in [0.4, 0.5) is 11.5 Å². The molecule has 1 saturated heterocycles. The second-order valence-corrected chi connectivity index (χ2v) is 8.22. The van der Waals surface area contributed by atoms with E-state index in [1.807, 2.05) is 36.4 Å². The fourth-order valence-electron chi connectivity index (χ4n) is 4.04. The quantitative estimate of drug-likeness (QED) is 0.578. The molecule has 0 radical (unpaired) electrons. The van der Waals surface area contributed by atoms with Crippen molar-refractivity contribution in [2.75, 3.05) is 57.7 Å². The van der Waals surface area contributed by atoms with Crippen LogP contribution >= 0.6 is 0 Å². The average molecular weight is 447 g/mol. The van der Waals surface area contributed by atoms with Crippen molar-refractivity contribution in [2.24, 2.45) is 0 Å². The molecule has 1 aliphatic rings. The van der Waals surface area contributed by atoms with Gasteiger partial charge in [-0.05, 0) is 55.9 Å². The van der Waals surface area contributed by atoms with Crippen LogP contribution < -0.4 is 19.7 Å². The van der Waals surface area contributed by atoms with Gasteiger partial charge in [0.2, 0.25) is 5.91 Å². The van der Waals surface area contributed by atoms with Crippen LogP contribution in [0.15, 0.2) is 48.5 Å². The van der Waals surface area contributed by atoms with Crippen LogP contribution in [0.3, 0.4) is 0 Å². The Morgan fingerprint density at radius 1 is 1.06 bits per heavy atom. The van der Waals surface area contributed by atoms with Crippen LogP contribution in [-0.4, -0.2) is 63.2 Å². The summed E-state index contributed by atoms with van der Waals surface area (Å²) in [4.78, 5) is 22.1. The van der Waals surface area contributed by atoms with Crippen LogP contribution in [0.2, 0.25) is 0 Å². The Balaban J connectivity index is 1.50. The first-order chi connectivity index (χ1) is 16.0. The molecule has 0 spiro atoms. The number of piperazine rings is 1. The van der Waals surface area contributed by atoms with Gasteiger partial charge in [-0.1, -0.05) is 12.1 Å². The topological polar surface area (TPSA) is 66.9 Å². The van der Waals surface area contributed by atoms with Gasteiger partial charge in [0, 0.05) is 48.9 Å². The van der Waals surface area contributed by atoms with Crippen molar-refractivity contribution in [1.29, 1.82) is 0 Å². The average Bonchev–Trinajstić information content (AvgIpc) is 2.83. The van der Waals surface area contributed by atoms with Crippen molar-refractivity contribution in [2.45, 2.75) is 6.92 Å². The van der Waals surface area contributed by atoms with Crippen molar-refractivity contribution in [1.82, 2.24) is 9.88 Å². The largest absolute Gasteiger partial charge is 0.493 e. The molecule has 1 fully saturated rings. The van der Waals surface area contributed by atoms with Gasteiger partial charge in [0.15, 0.2) is 11.5 Å². The summed E-state index contributed by atoms with van der Waals surface area (Å²) in [6.45, 7) is 6.13. The number of anilines is 2. The van der Waals surface area contributed by atoms with Gasteiger partial charge >= 0.3 is 0 Å². The normalized spacial score (nSPS) is 14.6. The summed E-state index contributed by atoms with van der Waals surface area (Å²) in [5.74, 6) is 2.00. The smallest absolute Gasteiger partial charge is 0.248 e. The predicted octanol–water partition coefficient (Wildman–Crippen LogP) is 3.96. The first kappa shape index (κ1) is 22.6. The number of benzene rings is 2. The molecule has 0 atom stereocenters. The first-order valence-electron chi connectivity index (χ1n) is 11.0. The van der Waals surface area contributed by atoms with Gasteiger partial charge in [-0.15, -0.1) is 0 Å². The summed E-state index contributed by atoms with van der Waals surface area (Å²) in [6, 6.07) is 13.5. The Bertz CT molecular complexity index is 1180. The van der Waals surface area contributed by atoms with Crippen molar-refractivity contribution in [3.63, 3.8) is 0 Å². The number of fused-ring (bicyclic) bond motifs is 1. The molecule has 2 heterocycles. The van der Waals surface area contributed by atoms with Gasteiger partial charge in [-0.3, -0.25) is 4.79 Å². The number of para-hydroxylation sites is 1. The summed E-state index contributed by atoms with van der Waals surface area (Å²) in [5.41, 5.74) is 3.56. The van der Waals surface area contributed by atoms with Crippen molar-refractivity contribution in [3.8, 4) is 11.5 Å². The molecule has 1 N–H and O–H groups in total. The molecule has 0 unspecified atom stereocenters. The van der Waals surface area contributed by atoms with Gasteiger partial charge in [0.1, 0.15) is 5.82 Å². The van der Waals surface area contributed by atoms with Gasteiger partial charge < -0.3 is 24.6 Å². The van der Waals surface area contributed by atoms with E-state index in [1.54, 1.807) is 20.3 Å². The molecule has 1 aliphatic heterocycles. The van der Waals surface area contributed by atoms with Gasteiger partial charge in [0.25, 0.3) is 0 Å². The Morgan fingerprint density at radius 3 is 2.58 bits per heavy atom. The number of pyridine rings is 1. The molecule has 1 aromatic heterocycles. The molecule has 33 heavy (non-hydrogen) atoms. The number of rotatable bonds is 6. The number of hydrogen-bond acceptors (Lipinski definition) is 6. The lowest BCUT2D eigenvalue weighted by Gasteiger charge is -2.33. The van der Waals surface area contributed by atoms with E-state index in [-0.39, 0.29) is 5.91 Å². The van der Waals surface area contributed by atoms with Crippen LogP contribution in [-0.2, 0) is 4.79 Å². The van der Waals surface area contributed by atoms with E-state index in [1.165, 1.54) is 6.08 Å². The number of nitrogens with one attached hydrogen (secondary N) is 1. The molecule has 0 bridgehead atoms. The van der Waals surface area contributed by atoms with Crippen LogP contribution in [0.5, 0.6) is 11.5 Å². The zero-order valence-corrected chi connectivity index (χ0v) is 19.6. The third kappa shape index (κ3) is 5.09. The highest BCUT2D eigenvalue weighted by Gasteiger charge is 2.16. The SMILES string of the molecule is COc1cccc(C=CC(=O)Nc2ccc3nc(N4CCN(C)CC4)cc(C)c3c2)c1OC. The molecule has 1 amide bonds. The monoisotopic (exact) mass is 446 g/mol. The summed E-state index contributed by atoms with van der Waals surface area (Å²) in [7, 11) is 5.31. The second-order valence-electron chi connectivity index (χ2n) is 8.22. The Kier molecular flexibility index (Phi) is 6.79. The molecule has 4 rings (SSSR count). The zero-order chi connectivity index (χ0) is 23.4. The molecule has 7 heteroatoms. The van der Waals surface area contributed by atoms with Crippen molar-refractivity contribution in [3.05, 3.63) is 59.7 Å². The summed E-state index contributed by atoms with van der Waals surface area (Å²) in [6.07, 6.45) is 3.20. The second kappa shape index (κ2) is 9.92. The Hall–Kier alpha value is -3.58. The fraction of sp³-hybridized carbons (Fsp3) is 0.308. The van der Waals surface area contributed by atoms with E-state index in [0.717, 1.165) is 59.7 Å². The number of carbonyl (C=O) groups is 1. The highest BCUT2D eigenvalue weighted by molar-refractivity contribution is 6.03. The first-order valence-corrected chi connectivity index (χ1v) is 11.0. The van der Waals surface area contributed by atoms with Gasteiger partial charge in [0.05, 0.1) is 19.7 Å². The third-order valence-corrected chi connectivity index (χ3v) is 5.94. The van der Waals surface area contributed by atoms with E-state index < -0.39 is 0 Å². The molecule has 0 aliphatic carbocycles. The van der Waals surface area contributed by atoms with Gasteiger partial charge in [-0.25, -0.2) is 4.98 Å². The molecular formula is C26H30N4O3. The lowest BCUT2D eigenvalue weighted by atomic mass is 10.1. The minimum absolute atomic E-state index is 0.223. The number of ether oxygens (including phenoxy) is 2. The van der Waals surface area contributed by atoms with E-state index in [2.05, 4.69) is 35.2 Å². The van der Waals surface area contributed by atoms with Crippen LogP contribution in [0.25, 0.3) is 17.0 Å². The number of hydrogen-bond donors (Lipinski definition) is 1. The number of amides is 1. The van der Waals surface area contributed by atoms with Crippen LogP contribution in [0.1, 0.15) is 11.1 Å². The van der Waals surface area contributed by atoms with Crippen LogP contribution in [0, 0.1) is 6.92 Å². The summed E-state index contributed by atoms with van der Waals surface area (Å²) < 4.78 is 10.7. The lowest BCUT2D eigenvalue weighted by Crippen LogP contribution is -2.44. The molecule has 172 valence electrons. The van der Waals surface area contributed by atoms with Gasteiger partial charge in [-0.2, -0.15) is 0 Å². The number of aromatic nitrogens is 1. The Morgan fingerprint density at radius 2 is 1.85 bits per heavy atom. The molecule has 0 saturated carbocycles. The Labute approximate surface area is 194 Å². The maximum absolute atomic E-state index is 12.6. The number of aryl methyl sites for hydroxylation is 1. The van der Waals surface area contributed by atoms with E-state index in [4.69, 9.17) is 14.5 Å². The number of likely N-dealkylation sites (N-methyl/N-ethyl adjacent to an activating group) is 1. The maximum atomic E-state index is 12.6. The summed E-state index contributed by atoms with van der Waals surface area (Å²) >= 11 is 0. The number of methoxy groups -OCH3 is 2.